The van der Waals surface area contributed by atoms with E-state index < -0.39 is 23.8 Å². The third kappa shape index (κ3) is 4.01. The van der Waals surface area contributed by atoms with E-state index in [4.69, 9.17) is 14.6 Å². The van der Waals surface area contributed by atoms with Crippen LogP contribution in [-0.4, -0.2) is 23.2 Å². The van der Waals surface area contributed by atoms with Gasteiger partial charge < -0.3 is 14.6 Å². The highest BCUT2D eigenvalue weighted by Gasteiger charge is 2.35. The fourth-order valence-electron chi connectivity index (χ4n) is 3.41. The van der Waals surface area contributed by atoms with Gasteiger partial charge in [-0.3, -0.25) is 0 Å². The first-order valence-electron chi connectivity index (χ1n) is 9.48. The molecule has 0 spiro atoms. The molecular formula is C22H19F3N2O4S+2. The second kappa shape index (κ2) is 8.19. The number of nitrogens with one attached hydrogen (secondary N) is 1. The number of hydrogen-bond acceptors (Lipinski definition) is 4. The summed E-state index contributed by atoms with van der Waals surface area (Å²) in [5.41, 5.74) is 0.653. The zero-order valence-corrected chi connectivity index (χ0v) is 17.8. The Morgan fingerprint density at radius 2 is 1.94 bits per heavy atom. The Hall–Kier alpha value is -3.53. The highest BCUT2D eigenvalue weighted by Crippen LogP contribution is 2.38. The number of methoxy groups -OCH3 is 1. The SMILES string of the molecule is COC(=O)c1sc(-[n+]2c[nH]c3ccc([OH2+])cc32)cc1O[C@H](C)c1ccccc1C(F)(F)F. The summed E-state index contributed by atoms with van der Waals surface area (Å²) in [6, 6.07) is 11.8. The number of benzene rings is 2. The van der Waals surface area contributed by atoms with Crippen molar-refractivity contribution in [1.29, 1.82) is 0 Å². The second-order valence-electron chi connectivity index (χ2n) is 6.99. The number of fused-ring (bicyclic) bond motifs is 1. The van der Waals surface area contributed by atoms with Crippen LogP contribution in [0.25, 0.3) is 16.0 Å². The second-order valence-corrected chi connectivity index (χ2v) is 8.02. The topological polar surface area (TPSA) is 78.1 Å². The molecule has 32 heavy (non-hydrogen) atoms. The first-order valence-corrected chi connectivity index (χ1v) is 10.3. The van der Waals surface area contributed by atoms with Crippen LogP contribution in [0.1, 0.15) is 33.8 Å². The molecule has 2 aromatic carbocycles. The number of carbonyl (C=O) groups is 1. The van der Waals surface area contributed by atoms with Gasteiger partial charge in [-0.15, -0.1) is 0 Å². The van der Waals surface area contributed by atoms with Crippen molar-refractivity contribution in [2.24, 2.45) is 0 Å². The Morgan fingerprint density at radius 3 is 2.66 bits per heavy atom. The van der Waals surface area contributed by atoms with Gasteiger partial charge >= 0.3 is 12.1 Å². The minimum Gasteiger partial charge on any atom is -0.593 e. The number of esters is 1. The third-order valence-electron chi connectivity index (χ3n) is 4.91. The number of alkyl halides is 3. The van der Waals surface area contributed by atoms with Gasteiger partial charge in [-0.1, -0.05) is 29.5 Å². The zero-order chi connectivity index (χ0) is 23.0. The molecule has 0 bridgehead atoms. The summed E-state index contributed by atoms with van der Waals surface area (Å²) in [6.45, 7) is 1.49. The van der Waals surface area contributed by atoms with Crippen LogP contribution < -0.4 is 9.30 Å². The van der Waals surface area contributed by atoms with E-state index in [2.05, 4.69) is 4.98 Å². The molecule has 0 saturated carbocycles. The molecule has 10 heteroatoms. The van der Waals surface area contributed by atoms with Crippen molar-refractivity contribution >= 4 is 28.3 Å². The standard InChI is InChI=1S/C22H17F3N2O4S/c1-12(14-5-3-4-6-15(14)22(23,24)25)31-18-10-19(32-20(18)21(29)30-2)27-11-26-16-8-7-13(28)9-17(16)27/h3-12,28H,1-2H3/p+2/t12-/m1/s1. The van der Waals surface area contributed by atoms with E-state index in [1.54, 1.807) is 35.2 Å². The normalized spacial score (nSPS) is 12.7. The van der Waals surface area contributed by atoms with Crippen molar-refractivity contribution in [2.45, 2.75) is 19.2 Å². The van der Waals surface area contributed by atoms with E-state index in [0.717, 1.165) is 22.9 Å². The van der Waals surface area contributed by atoms with Crippen LogP contribution in [0.5, 0.6) is 11.5 Å². The van der Waals surface area contributed by atoms with Gasteiger partial charge in [-0.2, -0.15) is 17.7 Å². The molecular weight excluding hydrogens is 445 g/mol. The van der Waals surface area contributed by atoms with Gasteiger partial charge in [-0.05, 0) is 19.1 Å². The van der Waals surface area contributed by atoms with Gasteiger partial charge in [0, 0.05) is 17.7 Å². The predicted octanol–water partition coefficient (Wildman–Crippen LogP) is 4.89. The van der Waals surface area contributed by atoms with Gasteiger partial charge in [0.25, 0.3) is 5.75 Å². The van der Waals surface area contributed by atoms with E-state index in [-0.39, 0.29) is 16.2 Å². The third-order valence-corrected chi connectivity index (χ3v) is 6.00. The number of carbonyl (C=O) groups excluding carboxylic acids is 1. The van der Waals surface area contributed by atoms with E-state index in [9.17, 15) is 18.0 Å². The Labute approximate surface area is 184 Å². The lowest BCUT2D eigenvalue weighted by Crippen LogP contribution is -2.26. The number of aromatic amines is 1. The van der Waals surface area contributed by atoms with E-state index in [1.165, 1.54) is 32.2 Å². The molecule has 0 unspecified atom stereocenters. The van der Waals surface area contributed by atoms with Crippen molar-refractivity contribution in [3.63, 3.8) is 0 Å². The Balaban J connectivity index is 1.76. The molecule has 0 amide bonds. The maximum absolute atomic E-state index is 13.4. The summed E-state index contributed by atoms with van der Waals surface area (Å²) in [6.07, 6.45) is -3.84. The lowest BCUT2D eigenvalue weighted by molar-refractivity contribution is -0.562. The van der Waals surface area contributed by atoms with E-state index in [1.807, 2.05) is 0 Å². The minimum absolute atomic E-state index is 0.0397. The molecule has 0 aliphatic carbocycles. The first-order chi connectivity index (χ1) is 15.2. The average molecular weight is 464 g/mol. The fraction of sp³-hybridized carbons (Fsp3) is 0.182. The van der Waals surface area contributed by atoms with Crippen molar-refractivity contribution in [3.05, 3.63) is 70.9 Å². The molecule has 3 N–H and O–H groups in total. The van der Waals surface area contributed by atoms with Crippen molar-refractivity contribution in [3.8, 4) is 16.5 Å². The number of rotatable bonds is 5. The summed E-state index contributed by atoms with van der Waals surface area (Å²) in [5, 5.41) is 8.44. The Morgan fingerprint density at radius 1 is 1.19 bits per heavy atom. The average Bonchev–Trinajstić information content (AvgIpc) is 3.36. The molecule has 0 aliphatic heterocycles. The fourth-order valence-corrected chi connectivity index (χ4v) is 4.40. The summed E-state index contributed by atoms with van der Waals surface area (Å²) < 4.78 is 52.7. The predicted molar refractivity (Wildman–Crippen MR) is 113 cm³/mol. The maximum atomic E-state index is 13.4. The number of thiophene rings is 1. The molecule has 0 saturated heterocycles. The van der Waals surface area contributed by atoms with E-state index >= 15 is 0 Å². The van der Waals surface area contributed by atoms with Crippen LogP contribution in [0, 0.1) is 0 Å². The maximum Gasteiger partial charge on any atom is 0.416 e. The van der Waals surface area contributed by atoms with Crippen LogP contribution in [0.2, 0.25) is 0 Å². The lowest BCUT2D eigenvalue weighted by atomic mass is 10.0. The van der Waals surface area contributed by atoms with Crippen LogP contribution >= 0.6 is 11.3 Å². The molecule has 4 rings (SSSR count). The van der Waals surface area contributed by atoms with Gasteiger partial charge in [-0.25, -0.2) is 9.78 Å². The summed E-state index contributed by atoms with van der Waals surface area (Å²) >= 11 is 1.08. The van der Waals surface area contributed by atoms with E-state index in [0.29, 0.717) is 16.3 Å². The molecule has 6 nitrogen and oxygen atoms in total. The highest BCUT2D eigenvalue weighted by atomic mass is 32.1. The van der Waals surface area contributed by atoms with Gasteiger partial charge in [0.1, 0.15) is 11.9 Å². The molecule has 0 radical (unpaired) electrons. The van der Waals surface area contributed by atoms with Crippen LogP contribution in [0.15, 0.2) is 54.9 Å². The largest absolute Gasteiger partial charge is 0.593 e. The summed E-state index contributed by atoms with van der Waals surface area (Å²) in [7, 11) is 1.22. The number of hydrogen-bond donors (Lipinski definition) is 1. The minimum atomic E-state index is -4.53. The van der Waals surface area contributed by atoms with Crippen molar-refractivity contribution in [2.75, 3.05) is 7.11 Å². The molecule has 1 atom stereocenters. The molecule has 2 heterocycles. The number of nitrogens with zero attached hydrogens (tertiary/aromatic N) is 1. The summed E-state index contributed by atoms with van der Waals surface area (Å²) in [5.74, 6) is -0.233. The Kier molecular flexibility index (Phi) is 5.55. The van der Waals surface area contributed by atoms with Crippen LogP contribution in [-0.2, 0) is 10.9 Å². The quantitative estimate of drug-likeness (QED) is 0.260. The smallest absolute Gasteiger partial charge is 0.416 e. The monoisotopic (exact) mass is 464 g/mol. The van der Waals surface area contributed by atoms with Crippen LogP contribution in [0.3, 0.4) is 0 Å². The van der Waals surface area contributed by atoms with Crippen LogP contribution in [0.4, 0.5) is 13.2 Å². The first kappa shape index (κ1) is 21.7. The van der Waals surface area contributed by atoms with Crippen molar-refractivity contribution in [1.82, 2.24) is 4.98 Å². The molecule has 0 aliphatic rings. The molecule has 0 fully saturated rings. The number of ether oxygens (including phenoxy) is 2. The molecule has 2 aromatic heterocycles. The number of halogens is 3. The lowest BCUT2D eigenvalue weighted by Gasteiger charge is -2.19. The molecule has 4 aromatic rings. The van der Waals surface area contributed by atoms with Gasteiger partial charge in [0.05, 0.1) is 18.7 Å². The number of aromatic nitrogens is 2. The number of H-pyrrole nitrogens is 1. The summed E-state index contributed by atoms with van der Waals surface area (Å²) in [4.78, 5) is 15.6. The number of imidazole rings is 1. The Bertz CT molecular complexity index is 1300. The zero-order valence-electron chi connectivity index (χ0n) is 17.0. The molecule has 166 valence electrons. The van der Waals surface area contributed by atoms with Crippen molar-refractivity contribution < 1.29 is 37.1 Å². The highest BCUT2D eigenvalue weighted by molar-refractivity contribution is 7.16. The van der Waals surface area contributed by atoms with Gasteiger partial charge in [0.15, 0.2) is 20.9 Å². The van der Waals surface area contributed by atoms with Gasteiger partial charge in [0.2, 0.25) is 6.33 Å².